The molecule has 0 aromatic carbocycles. The smallest absolute Gasteiger partial charge is 0.239 e. The molecule has 1 rings (SSSR count). The van der Waals surface area contributed by atoms with Gasteiger partial charge in [0.1, 0.15) is 0 Å². The van der Waals surface area contributed by atoms with Crippen LogP contribution in [0.2, 0.25) is 0 Å². The van der Waals surface area contributed by atoms with E-state index in [9.17, 15) is 9.90 Å². The van der Waals surface area contributed by atoms with E-state index < -0.39 is 6.10 Å². The molecule has 2 unspecified atom stereocenters. The molecule has 1 heterocycles. The summed E-state index contributed by atoms with van der Waals surface area (Å²) in [6, 6.07) is -0.133. The van der Waals surface area contributed by atoms with Crippen molar-refractivity contribution >= 4 is 5.91 Å². The Morgan fingerprint density at radius 3 is 3.00 bits per heavy atom. The molecule has 0 saturated carbocycles. The normalized spacial score (nSPS) is 23.5. The van der Waals surface area contributed by atoms with Crippen LogP contribution in [-0.2, 0) is 9.53 Å². The minimum Gasteiger partial charge on any atom is -0.389 e. The Bertz CT molecular complexity index is 211. The van der Waals surface area contributed by atoms with Gasteiger partial charge in [-0.3, -0.25) is 4.79 Å². The Labute approximate surface area is 90.4 Å². The average Bonchev–Trinajstić information content (AvgIpc) is 2.54. The fourth-order valence-corrected chi connectivity index (χ4v) is 1.60. The van der Waals surface area contributed by atoms with Gasteiger partial charge < -0.3 is 20.1 Å². The average molecular weight is 216 g/mol. The van der Waals surface area contributed by atoms with Crippen molar-refractivity contribution in [1.29, 1.82) is 0 Å². The van der Waals surface area contributed by atoms with Gasteiger partial charge in [-0.25, -0.2) is 0 Å². The molecule has 0 aromatic rings. The quantitative estimate of drug-likeness (QED) is 0.610. The first kappa shape index (κ1) is 12.4. The maximum Gasteiger partial charge on any atom is 0.239 e. The van der Waals surface area contributed by atoms with Crippen molar-refractivity contribution in [2.45, 2.75) is 25.5 Å². The van der Waals surface area contributed by atoms with Crippen molar-refractivity contribution in [1.82, 2.24) is 10.2 Å². The van der Waals surface area contributed by atoms with Crippen molar-refractivity contribution in [2.75, 3.05) is 33.4 Å². The lowest BCUT2D eigenvalue weighted by Crippen LogP contribution is -2.41. The molecule has 15 heavy (non-hydrogen) atoms. The highest BCUT2D eigenvalue weighted by molar-refractivity contribution is 5.83. The predicted molar refractivity (Wildman–Crippen MR) is 56.5 cm³/mol. The van der Waals surface area contributed by atoms with Crippen LogP contribution in [-0.4, -0.2) is 61.4 Å². The van der Waals surface area contributed by atoms with E-state index in [1.54, 1.807) is 11.9 Å². The van der Waals surface area contributed by atoms with E-state index in [-0.39, 0.29) is 11.9 Å². The topological polar surface area (TPSA) is 61.8 Å². The molecule has 2 N–H and O–H groups in total. The van der Waals surface area contributed by atoms with Gasteiger partial charge in [-0.05, 0) is 13.3 Å². The van der Waals surface area contributed by atoms with Gasteiger partial charge in [0.15, 0.2) is 0 Å². The lowest BCUT2D eigenvalue weighted by molar-refractivity contribution is -0.128. The number of likely N-dealkylation sites (N-methyl/N-ethyl adjacent to an activating group) is 1. The molecular formula is C10H20N2O3. The third-order valence-corrected chi connectivity index (χ3v) is 2.54. The van der Waals surface area contributed by atoms with Crippen LogP contribution in [0.3, 0.4) is 0 Å². The molecule has 1 aliphatic rings. The number of aliphatic hydroxyl groups excluding tert-OH is 1. The molecular weight excluding hydrogens is 196 g/mol. The molecule has 0 aromatic heterocycles. The Hall–Kier alpha value is -0.650. The van der Waals surface area contributed by atoms with Crippen molar-refractivity contribution in [3.63, 3.8) is 0 Å². The van der Waals surface area contributed by atoms with Crippen LogP contribution < -0.4 is 5.32 Å². The number of carbonyl (C=O) groups is 1. The van der Waals surface area contributed by atoms with Crippen LogP contribution in [0.5, 0.6) is 0 Å². The van der Waals surface area contributed by atoms with Gasteiger partial charge >= 0.3 is 0 Å². The van der Waals surface area contributed by atoms with E-state index in [2.05, 4.69) is 5.32 Å². The summed E-state index contributed by atoms with van der Waals surface area (Å²) in [6.07, 6.45) is 0.278. The van der Waals surface area contributed by atoms with Crippen molar-refractivity contribution in [3.05, 3.63) is 0 Å². The second kappa shape index (κ2) is 6.05. The minimum atomic E-state index is -0.538. The Kier molecular flexibility index (Phi) is 5.01. The summed E-state index contributed by atoms with van der Waals surface area (Å²) < 4.78 is 5.07. The van der Waals surface area contributed by atoms with Gasteiger partial charge in [0, 0.05) is 26.7 Å². The summed E-state index contributed by atoms with van der Waals surface area (Å²) in [7, 11) is 1.79. The lowest BCUT2D eigenvalue weighted by atomic mass is 10.2. The third kappa shape index (κ3) is 3.77. The van der Waals surface area contributed by atoms with Crippen LogP contribution >= 0.6 is 0 Å². The van der Waals surface area contributed by atoms with E-state index in [1.807, 2.05) is 6.92 Å². The first-order valence-corrected chi connectivity index (χ1v) is 5.39. The first-order valence-electron chi connectivity index (χ1n) is 5.39. The predicted octanol–water partition coefficient (Wildman–Crippen LogP) is -0.796. The van der Waals surface area contributed by atoms with E-state index in [0.717, 1.165) is 13.0 Å². The number of carbonyl (C=O) groups excluding carboxylic acids is 1. The first-order chi connectivity index (χ1) is 7.15. The molecule has 1 amide bonds. The fourth-order valence-electron chi connectivity index (χ4n) is 1.60. The summed E-state index contributed by atoms with van der Waals surface area (Å²) in [5.74, 6) is 0.110. The molecule has 0 aliphatic carbocycles. The monoisotopic (exact) mass is 216 g/mol. The Balaban J connectivity index is 2.17. The number of nitrogens with zero attached hydrogens (tertiary/aromatic N) is 1. The largest absolute Gasteiger partial charge is 0.389 e. The van der Waals surface area contributed by atoms with Crippen molar-refractivity contribution in [2.24, 2.45) is 0 Å². The lowest BCUT2D eigenvalue weighted by Gasteiger charge is -2.15. The summed E-state index contributed by atoms with van der Waals surface area (Å²) in [4.78, 5) is 13.2. The number of nitrogens with one attached hydrogen (secondary N) is 1. The molecule has 2 atom stereocenters. The molecule has 0 bridgehead atoms. The standard InChI is InChI=1S/C10H20N2O3/c1-3-15-7-8(13)6-11-9-4-5-12(2)10(9)14/h8-9,11,13H,3-7H2,1-2H3. The van der Waals surface area contributed by atoms with E-state index >= 15 is 0 Å². The van der Waals surface area contributed by atoms with Gasteiger partial charge in [-0.15, -0.1) is 0 Å². The minimum absolute atomic E-state index is 0.110. The summed E-state index contributed by atoms with van der Waals surface area (Å²) >= 11 is 0. The molecule has 0 radical (unpaired) electrons. The van der Waals surface area contributed by atoms with Crippen LogP contribution in [0.1, 0.15) is 13.3 Å². The zero-order valence-electron chi connectivity index (χ0n) is 9.40. The summed E-state index contributed by atoms with van der Waals surface area (Å²) in [5, 5.41) is 12.5. The maximum atomic E-state index is 11.5. The number of amides is 1. The van der Waals surface area contributed by atoms with Crippen LogP contribution in [0.4, 0.5) is 0 Å². The number of likely N-dealkylation sites (tertiary alicyclic amines) is 1. The zero-order chi connectivity index (χ0) is 11.3. The van der Waals surface area contributed by atoms with Crippen molar-refractivity contribution in [3.8, 4) is 0 Å². The number of ether oxygens (including phenoxy) is 1. The number of rotatable bonds is 6. The number of aliphatic hydroxyl groups is 1. The van der Waals surface area contributed by atoms with Gasteiger partial charge in [0.05, 0.1) is 18.8 Å². The molecule has 1 saturated heterocycles. The summed E-state index contributed by atoms with van der Waals surface area (Å²) in [6.45, 7) is 4.00. The highest BCUT2D eigenvalue weighted by Crippen LogP contribution is 2.07. The number of hydrogen-bond donors (Lipinski definition) is 2. The van der Waals surface area contributed by atoms with E-state index in [1.165, 1.54) is 0 Å². The third-order valence-electron chi connectivity index (χ3n) is 2.54. The number of hydrogen-bond acceptors (Lipinski definition) is 4. The van der Waals surface area contributed by atoms with Gasteiger partial charge in [-0.1, -0.05) is 0 Å². The van der Waals surface area contributed by atoms with Crippen LogP contribution in [0.15, 0.2) is 0 Å². The second-order valence-electron chi connectivity index (χ2n) is 3.82. The molecule has 1 fully saturated rings. The molecule has 0 spiro atoms. The Morgan fingerprint density at radius 2 is 2.47 bits per heavy atom. The maximum absolute atomic E-state index is 11.5. The molecule has 5 heteroatoms. The van der Waals surface area contributed by atoms with E-state index in [4.69, 9.17) is 4.74 Å². The fraction of sp³-hybridized carbons (Fsp3) is 0.900. The zero-order valence-corrected chi connectivity index (χ0v) is 9.40. The van der Waals surface area contributed by atoms with Crippen molar-refractivity contribution < 1.29 is 14.6 Å². The van der Waals surface area contributed by atoms with Crippen LogP contribution in [0.25, 0.3) is 0 Å². The molecule has 1 aliphatic heterocycles. The highest BCUT2D eigenvalue weighted by Gasteiger charge is 2.28. The highest BCUT2D eigenvalue weighted by atomic mass is 16.5. The SMILES string of the molecule is CCOCC(O)CNC1CCN(C)C1=O. The molecule has 88 valence electrons. The second-order valence-corrected chi connectivity index (χ2v) is 3.82. The Morgan fingerprint density at radius 1 is 1.73 bits per heavy atom. The van der Waals surface area contributed by atoms with Crippen LogP contribution in [0, 0.1) is 0 Å². The van der Waals surface area contributed by atoms with Gasteiger partial charge in [-0.2, -0.15) is 0 Å². The van der Waals surface area contributed by atoms with E-state index in [0.29, 0.717) is 19.8 Å². The molecule has 5 nitrogen and oxygen atoms in total. The van der Waals surface area contributed by atoms with Gasteiger partial charge in [0.25, 0.3) is 0 Å². The summed E-state index contributed by atoms with van der Waals surface area (Å²) in [5.41, 5.74) is 0. The van der Waals surface area contributed by atoms with Gasteiger partial charge in [0.2, 0.25) is 5.91 Å².